The molecule has 2 aliphatic rings. The van der Waals surface area contributed by atoms with E-state index in [0.717, 1.165) is 5.69 Å². The van der Waals surface area contributed by atoms with Crippen LogP contribution >= 0.6 is 23.8 Å². The zero-order valence-electron chi connectivity index (χ0n) is 12.6. The van der Waals surface area contributed by atoms with Gasteiger partial charge < -0.3 is 14.2 Å². The zero-order valence-corrected chi connectivity index (χ0v) is 14.2. The summed E-state index contributed by atoms with van der Waals surface area (Å²) >= 11 is 11.2. The molecule has 0 saturated heterocycles. The highest BCUT2D eigenvalue weighted by Crippen LogP contribution is 2.67. The van der Waals surface area contributed by atoms with E-state index >= 15 is 0 Å². The van der Waals surface area contributed by atoms with Gasteiger partial charge in [-0.3, -0.25) is 4.79 Å². The van der Waals surface area contributed by atoms with Crippen LogP contribution in [-0.2, 0) is 30.2 Å². The third-order valence-corrected chi connectivity index (χ3v) is 6.00. The standard InChI is InChI=1S/C16H13ClF2N2O2S/c1-20-10(4-11(22)23)14-7-5-16(7,6-21(14)15(20)24)12-9(18)3-2-8(17)13(12)19/h2-3,7H,4-6H2,1H3,(H,22,23)/t7-,16-/m0/s1. The Morgan fingerprint density at radius 2 is 2.21 bits per heavy atom. The molecule has 1 aromatic carbocycles. The molecule has 1 N–H and O–H groups in total. The molecule has 1 aromatic heterocycles. The van der Waals surface area contributed by atoms with E-state index in [4.69, 9.17) is 28.9 Å². The third kappa shape index (κ3) is 1.88. The predicted octanol–water partition coefficient (Wildman–Crippen LogP) is 3.55. The fraction of sp³-hybridized carbons (Fsp3) is 0.375. The lowest BCUT2D eigenvalue weighted by molar-refractivity contribution is -0.136. The Kier molecular flexibility index (Phi) is 3.22. The number of halogens is 3. The predicted molar refractivity (Wildman–Crippen MR) is 86.0 cm³/mol. The van der Waals surface area contributed by atoms with Gasteiger partial charge in [0.15, 0.2) is 4.77 Å². The minimum absolute atomic E-state index is 0.0120. The second-order valence-corrected chi connectivity index (χ2v) is 7.23. The number of fused-ring (bicyclic) bond motifs is 3. The summed E-state index contributed by atoms with van der Waals surface area (Å²) < 4.78 is 32.8. The SMILES string of the molecule is Cn1c(CC(=O)O)c2n(c1=S)C[C@@]1(c3c(F)ccc(Cl)c3F)C[C@@H]21. The molecule has 0 amide bonds. The number of hydrogen-bond acceptors (Lipinski definition) is 2. The number of aromatic nitrogens is 2. The third-order valence-electron chi connectivity index (χ3n) is 5.22. The van der Waals surface area contributed by atoms with Crippen LogP contribution < -0.4 is 0 Å². The van der Waals surface area contributed by atoms with Gasteiger partial charge in [0.25, 0.3) is 0 Å². The second kappa shape index (κ2) is 4.89. The molecule has 0 unspecified atom stereocenters. The Balaban J connectivity index is 1.87. The molecular formula is C16H13ClF2N2O2S. The van der Waals surface area contributed by atoms with E-state index in [0.29, 0.717) is 23.4 Å². The summed E-state index contributed by atoms with van der Waals surface area (Å²) in [5.41, 5.74) is 0.647. The molecule has 0 radical (unpaired) electrons. The maximum Gasteiger partial charge on any atom is 0.309 e. The minimum atomic E-state index is -0.965. The Hall–Kier alpha value is -1.73. The molecule has 0 bridgehead atoms. The van der Waals surface area contributed by atoms with Crippen molar-refractivity contribution in [3.05, 3.63) is 50.5 Å². The lowest BCUT2D eigenvalue weighted by atomic mass is 9.92. The highest BCUT2D eigenvalue weighted by Gasteiger charge is 2.64. The molecule has 24 heavy (non-hydrogen) atoms. The number of rotatable bonds is 3. The van der Waals surface area contributed by atoms with E-state index in [1.54, 1.807) is 11.6 Å². The van der Waals surface area contributed by atoms with Gasteiger partial charge in [0.05, 0.1) is 17.1 Å². The number of carbonyl (C=O) groups is 1. The van der Waals surface area contributed by atoms with Gasteiger partial charge in [0.2, 0.25) is 0 Å². The summed E-state index contributed by atoms with van der Waals surface area (Å²) in [6.07, 6.45) is 0.391. The first-order valence-electron chi connectivity index (χ1n) is 7.42. The normalized spacial score (nSPS) is 23.9. The zero-order chi connectivity index (χ0) is 17.4. The fourth-order valence-corrected chi connectivity index (χ4v) is 4.51. The van der Waals surface area contributed by atoms with Crippen LogP contribution in [0.25, 0.3) is 0 Å². The number of benzene rings is 1. The average molecular weight is 371 g/mol. The number of carboxylic acids is 1. The van der Waals surface area contributed by atoms with Crippen LogP contribution in [-0.4, -0.2) is 20.2 Å². The van der Waals surface area contributed by atoms with E-state index in [2.05, 4.69) is 0 Å². The molecule has 2 heterocycles. The molecule has 8 heteroatoms. The number of aliphatic carboxylic acids is 1. The molecule has 4 rings (SSSR count). The van der Waals surface area contributed by atoms with Crippen molar-refractivity contribution in [3.8, 4) is 0 Å². The molecule has 1 aliphatic carbocycles. The van der Waals surface area contributed by atoms with Crippen molar-refractivity contribution in [1.82, 2.24) is 9.13 Å². The number of hydrogen-bond donors (Lipinski definition) is 1. The van der Waals surface area contributed by atoms with Gasteiger partial charge in [0.1, 0.15) is 11.6 Å². The summed E-state index contributed by atoms with van der Waals surface area (Å²) in [6, 6.07) is 2.37. The van der Waals surface area contributed by atoms with Gasteiger partial charge in [-0.15, -0.1) is 0 Å². The molecule has 126 valence electrons. The lowest BCUT2D eigenvalue weighted by Crippen LogP contribution is -2.17. The van der Waals surface area contributed by atoms with Crippen molar-refractivity contribution in [1.29, 1.82) is 0 Å². The van der Waals surface area contributed by atoms with Crippen LogP contribution in [0.15, 0.2) is 12.1 Å². The fourth-order valence-electron chi connectivity index (χ4n) is 4.08. The maximum absolute atomic E-state index is 14.5. The maximum atomic E-state index is 14.5. The number of imidazole rings is 1. The highest BCUT2D eigenvalue weighted by molar-refractivity contribution is 7.71. The minimum Gasteiger partial charge on any atom is -0.481 e. The molecule has 0 spiro atoms. The van der Waals surface area contributed by atoms with Crippen molar-refractivity contribution >= 4 is 29.8 Å². The summed E-state index contributed by atoms with van der Waals surface area (Å²) in [5.74, 6) is -2.47. The Morgan fingerprint density at radius 1 is 1.50 bits per heavy atom. The average Bonchev–Trinajstić information content (AvgIpc) is 3.06. The van der Waals surface area contributed by atoms with E-state index in [-0.39, 0.29) is 22.9 Å². The molecule has 2 atom stereocenters. The van der Waals surface area contributed by atoms with Gasteiger partial charge in [-0.2, -0.15) is 0 Å². The van der Waals surface area contributed by atoms with Gasteiger partial charge in [-0.1, -0.05) is 11.6 Å². The topological polar surface area (TPSA) is 47.2 Å². The lowest BCUT2D eigenvalue weighted by Gasteiger charge is -2.16. The van der Waals surface area contributed by atoms with Crippen LogP contribution in [0.5, 0.6) is 0 Å². The largest absolute Gasteiger partial charge is 0.481 e. The van der Waals surface area contributed by atoms with E-state index < -0.39 is 23.0 Å². The van der Waals surface area contributed by atoms with Crippen LogP contribution in [0.1, 0.15) is 29.3 Å². The van der Waals surface area contributed by atoms with Crippen molar-refractivity contribution in [2.24, 2.45) is 7.05 Å². The summed E-state index contributed by atoms with van der Waals surface area (Å²) in [4.78, 5) is 11.2. The Morgan fingerprint density at radius 3 is 2.88 bits per heavy atom. The van der Waals surface area contributed by atoms with Crippen molar-refractivity contribution in [3.63, 3.8) is 0 Å². The van der Waals surface area contributed by atoms with Gasteiger partial charge in [-0.05, 0) is 30.8 Å². The second-order valence-electron chi connectivity index (χ2n) is 6.46. The Bertz CT molecular complexity index is 968. The summed E-state index contributed by atoms with van der Waals surface area (Å²) in [6.45, 7) is 0.341. The summed E-state index contributed by atoms with van der Waals surface area (Å²) in [5, 5.41) is 9.03. The number of nitrogens with zero attached hydrogens (tertiary/aromatic N) is 2. The Labute approximate surface area is 146 Å². The first-order valence-corrected chi connectivity index (χ1v) is 8.20. The first-order chi connectivity index (χ1) is 11.3. The van der Waals surface area contributed by atoms with E-state index in [9.17, 15) is 13.6 Å². The van der Waals surface area contributed by atoms with Crippen molar-refractivity contribution < 1.29 is 18.7 Å². The quantitative estimate of drug-likeness (QED) is 0.664. The van der Waals surface area contributed by atoms with Crippen molar-refractivity contribution in [2.75, 3.05) is 0 Å². The number of carboxylic acid groups (broad SMARTS) is 1. The molecule has 2 aromatic rings. The van der Waals surface area contributed by atoms with Crippen molar-refractivity contribution in [2.45, 2.75) is 30.7 Å². The van der Waals surface area contributed by atoms with Gasteiger partial charge in [0, 0.05) is 36.2 Å². The van der Waals surface area contributed by atoms with E-state index in [1.165, 1.54) is 12.1 Å². The van der Waals surface area contributed by atoms with Gasteiger partial charge in [-0.25, -0.2) is 8.78 Å². The molecule has 4 nitrogen and oxygen atoms in total. The highest BCUT2D eigenvalue weighted by atomic mass is 35.5. The van der Waals surface area contributed by atoms with Crippen LogP contribution in [0.3, 0.4) is 0 Å². The van der Waals surface area contributed by atoms with Crippen LogP contribution in [0.4, 0.5) is 8.78 Å². The first kappa shape index (κ1) is 15.8. The van der Waals surface area contributed by atoms with Crippen LogP contribution in [0, 0.1) is 16.4 Å². The molecule has 1 saturated carbocycles. The summed E-state index contributed by atoms with van der Waals surface area (Å²) in [7, 11) is 1.72. The van der Waals surface area contributed by atoms with Crippen LogP contribution in [0.2, 0.25) is 5.02 Å². The monoisotopic (exact) mass is 370 g/mol. The van der Waals surface area contributed by atoms with E-state index in [1.807, 2.05) is 4.57 Å². The molecular weight excluding hydrogens is 358 g/mol. The molecule has 1 fully saturated rings. The molecule has 1 aliphatic heterocycles. The van der Waals surface area contributed by atoms with Gasteiger partial charge >= 0.3 is 5.97 Å². The smallest absolute Gasteiger partial charge is 0.309 e.